The number of hydrogen-bond acceptors (Lipinski definition) is 4. The van der Waals surface area contributed by atoms with Gasteiger partial charge in [0.15, 0.2) is 0 Å². The number of hydrogen-bond donors (Lipinski definition) is 1. The molecule has 19 heavy (non-hydrogen) atoms. The molecule has 2 aromatic heterocycles. The van der Waals surface area contributed by atoms with Crippen LogP contribution in [0.5, 0.6) is 0 Å². The summed E-state index contributed by atoms with van der Waals surface area (Å²) < 4.78 is 2.06. The van der Waals surface area contributed by atoms with Crippen LogP contribution < -0.4 is 5.32 Å². The highest BCUT2D eigenvalue weighted by Crippen LogP contribution is 2.27. The Hall–Kier alpha value is -1.75. The second-order valence-corrected chi connectivity index (χ2v) is 4.91. The van der Waals surface area contributed by atoms with Crippen LogP contribution >= 0.6 is 0 Å². The molecule has 3 rings (SSSR count). The van der Waals surface area contributed by atoms with Crippen LogP contribution in [0, 0.1) is 0 Å². The van der Waals surface area contributed by atoms with Gasteiger partial charge < -0.3 is 9.88 Å². The van der Waals surface area contributed by atoms with Crippen molar-refractivity contribution < 1.29 is 0 Å². The fourth-order valence-corrected chi connectivity index (χ4v) is 2.70. The van der Waals surface area contributed by atoms with E-state index in [-0.39, 0.29) is 0 Å². The van der Waals surface area contributed by atoms with Gasteiger partial charge in [0, 0.05) is 12.7 Å². The maximum atomic E-state index is 4.54. The van der Waals surface area contributed by atoms with E-state index in [9.17, 15) is 0 Å². The Morgan fingerprint density at radius 3 is 3.32 bits per heavy atom. The second kappa shape index (κ2) is 5.48. The molecule has 0 bridgehead atoms. The van der Waals surface area contributed by atoms with Crippen LogP contribution in [0.2, 0.25) is 0 Å². The first-order valence-corrected chi connectivity index (χ1v) is 6.92. The Morgan fingerprint density at radius 1 is 1.47 bits per heavy atom. The number of aromatic nitrogens is 4. The van der Waals surface area contributed by atoms with Crippen LogP contribution in [-0.4, -0.2) is 19.7 Å². The number of nitrogens with one attached hydrogen (secondary N) is 1. The molecular formula is C14H19N5. The lowest BCUT2D eigenvalue weighted by atomic mass is 9.92. The summed E-state index contributed by atoms with van der Waals surface area (Å²) in [6.45, 7) is 3.75. The van der Waals surface area contributed by atoms with E-state index in [1.165, 1.54) is 17.7 Å². The lowest BCUT2D eigenvalue weighted by molar-refractivity contribution is 0.436. The van der Waals surface area contributed by atoms with Crippen molar-refractivity contribution in [2.24, 2.45) is 0 Å². The molecule has 0 amide bonds. The lowest BCUT2D eigenvalue weighted by Gasteiger charge is -2.25. The molecule has 2 heterocycles. The Morgan fingerprint density at radius 2 is 2.42 bits per heavy atom. The van der Waals surface area contributed by atoms with Crippen molar-refractivity contribution in [3.05, 3.63) is 41.7 Å². The molecule has 0 aromatic carbocycles. The molecule has 1 atom stereocenters. The molecule has 100 valence electrons. The Bertz CT molecular complexity index is 548. The van der Waals surface area contributed by atoms with Crippen molar-refractivity contribution in [1.82, 2.24) is 25.1 Å². The molecule has 0 radical (unpaired) electrons. The summed E-state index contributed by atoms with van der Waals surface area (Å²) in [5.41, 5.74) is 2.58. The molecule has 2 aromatic rings. The molecule has 0 aliphatic heterocycles. The third-order valence-corrected chi connectivity index (χ3v) is 3.74. The molecule has 1 N–H and O–H groups in total. The largest absolute Gasteiger partial charge is 0.317 e. The van der Waals surface area contributed by atoms with Crippen molar-refractivity contribution in [2.45, 2.75) is 45.3 Å². The van der Waals surface area contributed by atoms with Gasteiger partial charge in [-0.2, -0.15) is 0 Å². The molecule has 0 saturated heterocycles. The lowest BCUT2D eigenvalue weighted by Crippen LogP contribution is -2.27. The predicted molar refractivity (Wildman–Crippen MR) is 72.5 cm³/mol. The number of pyridine rings is 1. The SMILES string of the molecule is CCn1cnnc1CNC1CCCc2cccnc21. The average molecular weight is 257 g/mol. The highest BCUT2D eigenvalue weighted by atomic mass is 15.3. The van der Waals surface area contributed by atoms with E-state index in [0.29, 0.717) is 6.04 Å². The molecule has 1 aliphatic rings. The summed E-state index contributed by atoms with van der Waals surface area (Å²) in [7, 11) is 0. The quantitative estimate of drug-likeness (QED) is 0.908. The van der Waals surface area contributed by atoms with Gasteiger partial charge in [0.05, 0.1) is 18.3 Å². The van der Waals surface area contributed by atoms with Crippen LogP contribution in [0.1, 0.15) is 42.9 Å². The van der Waals surface area contributed by atoms with Crippen molar-refractivity contribution in [3.8, 4) is 0 Å². The predicted octanol–water partition coefficient (Wildman–Crippen LogP) is 1.86. The van der Waals surface area contributed by atoms with E-state index in [1.807, 2.05) is 12.3 Å². The van der Waals surface area contributed by atoms with Crippen molar-refractivity contribution >= 4 is 0 Å². The molecule has 5 heteroatoms. The molecule has 1 aliphatic carbocycles. The summed E-state index contributed by atoms with van der Waals surface area (Å²) in [6.07, 6.45) is 7.17. The summed E-state index contributed by atoms with van der Waals surface area (Å²) in [4.78, 5) is 4.54. The van der Waals surface area contributed by atoms with Crippen LogP contribution in [-0.2, 0) is 19.5 Å². The molecular weight excluding hydrogens is 238 g/mol. The number of fused-ring (bicyclic) bond motifs is 1. The third kappa shape index (κ3) is 2.51. The second-order valence-electron chi connectivity index (χ2n) is 4.91. The maximum absolute atomic E-state index is 4.54. The first kappa shape index (κ1) is 12.3. The van der Waals surface area contributed by atoms with Gasteiger partial charge in [-0.25, -0.2) is 0 Å². The molecule has 5 nitrogen and oxygen atoms in total. The Balaban J connectivity index is 1.71. The molecule has 0 fully saturated rings. The van der Waals surface area contributed by atoms with Gasteiger partial charge in [0.2, 0.25) is 0 Å². The fraction of sp³-hybridized carbons (Fsp3) is 0.500. The Kier molecular flexibility index (Phi) is 3.55. The summed E-state index contributed by atoms with van der Waals surface area (Å²) in [6, 6.07) is 4.55. The zero-order valence-corrected chi connectivity index (χ0v) is 11.2. The van der Waals surface area contributed by atoms with Gasteiger partial charge in [-0.15, -0.1) is 10.2 Å². The summed E-state index contributed by atoms with van der Waals surface area (Å²) >= 11 is 0. The zero-order chi connectivity index (χ0) is 13.1. The first-order chi connectivity index (χ1) is 9.38. The highest BCUT2D eigenvalue weighted by Gasteiger charge is 2.21. The molecule has 1 unspecified atom stereocenters. The monoisotopic (exact) mass is 257 g/mol. The van der Waals surface area contributed by atoms with Gasteiger partial charge in [-0.3, -0.25) is 4.98 Å². The minimum Gasteiger partial charge on any atom is -0.317 e. The van der Waals surface area contributed by atoms with E-state index in [4.69, 9.17) is 0 Å². The third-order valence-electron chi connectivity index (χ3n) is 3.74. The van der Waals surface area contributed by atoms with Crippen LogP contribution in [0.25, 0.3) is 0 Å². The van der Waals surface area contributed by atoms with Crippen molar-refractivity contribution in [2.75, 3.05) is 0 Å². The number of aryl methyl sites for hydroxylation is 2. The minimum absolute atomic E-state index is 0.340. The van der Waals surface area contributed by atoms with Crippen LogP contribution in [0.4, 0.5) is 0 Å². The van der Waals surface area contributed by atoms with Gasteiger partial charge in [-0.05, 0) is 37.8 Å². The molecule has 0 spiro atoms. The Labute approximate surface area is 113 Å². The van der Waals surface area contributed by atoms with E-state index in [2.05, 4.69) is 38.1 Å². The smallest absolute Gasteiger partial charge is 0.146 e. The zero-order valence-electron chi connectivity index (χ0n) is 11.2. The van der Waals surface area contributed by atoms with E-state index < -0.39 is 0 Å². The summed E-state index contributed by atoms with van der Waals surface area (Å²) in [5.74, 6) is 0.991. The maximum Gasteiger partial charge on any atom is 0.146 e. The number of nitrogens with zero attached hydrogens (tertiary/aromatic N) is 4. The molecule has 0 saturated carbocycles. The van der Waals surface area contributed by atoms with Crippen molar-refractivity contribution in [1.29, 1.82) is 0 Å². The first-order valence-electron chi connectivity index (χ1n) is 6.92. The topological polar surface area (TPSA) is 55.6 Å². The van der Waals surface area contributed by atoms with E-state index >= 15 is 0 Å². The van der Waals surface area contributed by atoms with E-state index in [1.54, 1.807) is 6.33 Å². The summed E-state index contributed by atoms with van der Waals surface area (Å²) in [5, 5.41) is 11.7. The van der Waals surface area contributed by atoms with Gasteiger partial charge >= 0.3 is 0 Å². The van der Waals surface area contributed by atoms with Crippen molar-refractivity contribution in [3.63, 3.8) is 0 Å². The van der Waals surface area contributed by atoms with Gasteiger partial charge in [0.25, 0.3) is 0 Å². The van der Waals surface area contributed by atoms with Gasteiger partial charge in [0.1, 0.15) is 12.2 Å². The fourth-order valence-electron chi connectivity index (χ4n) is 2.70. The van der Waals surface area contributed by atoms with E-state index in [0.717, 1.165) is 31.8 Å². The average Bonchev–Trinajstić information content (AvgIpc) is 2.92. The minimum atomic E-state index is 0.340. The normalized spacial score (nSPS) is 18.3. The highest BCUT2D eigenvalue weighted by molar-refractivity contribution is 5.25. The van der Waals surface area contributed by atoms with Gasteiger partial charge in [-0.1, -0.05) is 6.07 Å². The standard InChI is InChI=1S/C14H19N5/c1-2-19-10-17-18-13(19)9-16-12-7-3-5-11-6-4-8-15-14(11)12/h4,6,8,10,12,16H,2-3,5,7,9H2,1H3. The van der Waals surface area contributed by atoms with Crippen LogP contribution in [0.15, 0.2) is 24.7 Å². The van der Waals surface area contributed by atoms with Crippen LogP contribution in [0.3, 0.4) is 0 Å². The number of rotatable bonds is 4.